The Morgan fingerprint density at radius 2 is 2.06 bits per heavy atom. The van der Waals surface area contributed by atoms with Crippen molar-refractivity contribution in [1.29, 1.82) is 5.26 Å². The predicted molar refractivity (Wildman–Crippen MR) is 118 cm³/mol. The maximum Gasteiger partial charge on any atom is 0.157 e. The van der Waals surface area contributed by atoms with Crippen LogP contribution in [-0.2, 0) is 11.3 Å². The van der Waals surface area contributed by atoms with E-state index in [2.05, 4.69) is 31.1 Å². The molecule has 0 spiro atoms. The molecule has 1 aromatic rings. The number of nitriles is 1. The van der Waals surface area contributed by atoms with E-state index in [4.69, 9.17) is 5.26 Å². The number of ketones is 1. The molecule has 0 aliphatic heterocycles. The van der Waals surface area contributed by atoms with E-state index in [0.717, 1.165) is 38.5 Å². The van der Waals surface area contributed by atoms with Gasteiger partial charge in [-0.05, 0) is 86.9 Å². The molecule has 7 atom stereocenters. The van der Waals surface area contributed by atoms with Gasteiger partial charge in [0, 0.05) is 12.1 Å². The van der Waals surface area contributed by atoms with Gasteiger partial charge in [-0.2, -0.15) is 10.4 Å². The van der Waals surface area contributed by atoms with Crippen LogP contribution in [0, 0.1) is 45.8 Å². The van der Waals surface area contributed by atoms with Gasteiger partial charge in [0.05, 0.1) is 23.9 Å². The second-order valence-electron chi connectivity index (χ2n) is 11.6. The summed E-state index contributed by atoms with van der Waals surface area (Å²) in [5, 5.41) is 23.9. The highest BCUT2D eigenvalue weighted by Gasteiger charge is 2.59. The molecule has 0 amide bonds. The summed E-state index contributed by atoms with van der Waals surface area (Å²) in [5.41, 5.74) is 1.89. The Kier molecular flexibility index (Phi) is 4.75. The zero-order valence-electron chi connectivity index (χ0n) is 19.1. The molecule has 5 rings (SSSR count). The van der Waals surface area contributed by atoms with E-state index in [-0.39, 0.29) is 29.1 Å². The van der Waals surface area contributed by atoms with Gasteiger partial charge in [-0.3, -0.25) is 9.48 Å². The molecule has 0 bridgehead atoms. The van der Waals surface area contributed by atoms with Crippen LogP contribution >= 0.6 is 0 Å². The summed E-state index contributed by atoms with van der Waals surface area (Å²) in [5.74, 6) is 2.09. The fraction of sp³-hybridized carbons (Fsp3) is 0.731. The minimum atomic E-state index is -0.510. The molecule has 31 heavy (non-hydrogen) atoms. The van der Waals surface area contributed by atoms with Crippen LogP contribution in [0.1, 0.15) is 77.7 Å². The van der Waals surface area contributed by atoms with Crippen molar-refractivity contribution in [2.24, 2.45) is 34.5 Å². The average molecular weight is 422 g/mol. The van der Waals surface area contributed by atoms with Crippen molar-refractivity contribution in [3.63, 3.8) is 0 Å². The van der Waals surface area contributed by atoms with Gasteiger partial charge in [-0.25, -0.2) is 0 Å². The zero-order chi connectivity index (χ0) is 22.0. The van der Waals surface area contributed by atoms with Crippen molar-refractivity contribution < 1.29 is 9.90 Å². The van der Waals surface area contributed by atoms with E-state index in [1.807, 2.05) is 6.92 Å². The normalized spacial score (nSPS) is 43.9. The highest BCUT2D eigenvalue weighted by molar-refractivity contribution is 5.82. The zero-order valence-corrected chi connectivity index (χ0v) is 19.1. The van der Waals surface area contributed by atoms with E-state index in [1.54, 1.807) is 16.5 Å². The summed E-state index contributed by atoms with van der Waals surface area (Å²) in [4.78, 5) is 13.3. The minimum Gasteiger partial charge on any atom is -0.390 e. The maximum absolute atomic E-state index is 13.3. The first-order valence-corrected chi connectivity index (χ1v) is 12.0. The van der Waals surface area contributed by atoms with Crippen LogP contribution in [0.4, 0.5) is 0 Å². The lowest BCUT2D eigenvalue weighted by molar-refractivity contribution is -0.128. The van der Waals surface area contributed by atoms with E-state index in [0.29, 0.717) is 23.3 Å². The number of rotatable bonds is 3. The molecule has 1 heterocycles. The fourth-order valence-electron chi connectivity index (χ4n) is 8.01. The van der Waals surface area contributed by atoms with Gasteiger partial charge < -0.3 is 5.11 Å². The summed E-state index contributed by atoms with van der Waals surface area (Å²) >= 11 is 0. The molecule has 3 fully saturated rings. The molecule has 4 aliphatic carbocycles. The Morgan fingerprint density at radius 3 is 2.81 bits per heavy atom. The number of allylic oxidation sites excluding steroid dienone is 2. The quantitative estimate of drug-likeness (QED) is 0.720. The Bertz CT molecular complexity index is 970. The molecule has 1 N–H and O–H groups in total. The number of hydrogen-bond acceptors (Lipinski definition) is 4. The topological polar surface area (TPSA) is 78.9 Å². The van der Waals surface area contributed by atoms with Gasteiger partial charge in [-0.1, -0.05) is 25.5 Å². The summed E-state index contributed by atoms with van der Waals surface area (Å²) in [6.45, 7) is 7.09. The number of nitrogens with zero attached hydrogens (tertiary/aromatic N) is 3. The third kappa shape index (κ3) is 3.21. The third-order valence-corrected chi connectivity index (χ3v) is 9.78. The number of carbonyl (C=O) groups is 1. The molecular formula is C26H35N3O2. The monoisotopic (exact) mass is 421 g/mol. The number of aliphatic hydroxyl groups is 1. The molecule has 0 saturated heterocycles. The smallest absolute Gasteiger partial charge is 0.157 e. The molecule has 0 unspecified atom stereocenters. The number of carbonyl (C=O) groups excluding carboxylic acids is 1. The van der Waals surface area contributed by atoms with Gasteiger partial charge in [0.25, 0.3) is 0 Å². The van der Waals surface area contributed by atoms with Crippen molar-refractivity contribution in [3.05, 3.63) is 29.6 Å². The lowest BCUT2D eigenvalue weighted by Gasteiger charge is -2.58. The first-order valence-electron chi connectivity index (χ1n) is 12.0. The third-order valence-electron chi connectivity index (χ3n) is 9.78. The van der Waals surface area contributed by atoms with Gasteiger partial charge >= 0.3 is 0 Å². The summed E-state index contributed by atoms with van der Waals surface area (Å²) in [7, 11) is 0. The van der Waals surface area contributed by atoms with Crippen LogP contribution in [0.15, 0.2) is 24.0 Å². The number of fused-ring (bicyclic) bond motifs is 5. The second-order valence-corrected chi connectivity index (χ2v) is 11.6. The molecule has 166 valence electrons. The molecular weight excluding hydrogens is 386 g/mol. The van der Waals surface area contributed by atoms with Crippen LogP contribution in [0.2, 0.25) is 0 Å². The van der Waals surface area contributed by atoms with Crippen molar-refractivity contribution in [1.82, 2.24) is 9.78 Å². The first-order chi connectivity index (χ1) is 14.7. The Labute approximate surface area is 185 Å². The molecule has 0 radical (unpaired) electrons. The predicted octanol–water partition coefficient (Wildman–Crippen LogP) is 4.65. The number of aromatic nitrogens is 2. The van der Waals surface area contributed by atoms with Crippen molar-refractivity contribution in [2.45, 2.75) is 84.3 Å². The van der Waals surface area contributed by atoms with Crippen molar-refractivity contribution >= 4 is 5.78 Å². The maximum atomic E-state index is 13.3. The molecule has 1 aromatic heterocycles. The second kappa shape index (κ2) is 7.04. The SMILES string of the molecule is C[C@@]1(O)CC[C@]2(C)C3=CC[C@]4(C)[C@@H](C(=O)Cn5cc(C#N)cn5)CC[C@H]4[C@@H]3CC[C@H]2C1. The standard InChI is InChI=1S/C26H35N3O2/c1-24(31)10-11-25(2)18(12-24)4-5-19-20-6-7-22(26(20,3)9-8-21(19)25)23(30)16-29-15-17(13-27)14-28-29/h8,14-15,18-20,22,31H,4-7,9-12,16H2,1-3H3/t18-,19-,20-,22+,24+,25-,26-/m0/s1. The van der Waals surface area contributed by atoms with Gasteiger partial charge in [0.2, 0.25) is 0 Å². The number of hydrogen-bond donors (Lipinski definition) is 1. The fourth-order valence-corrected chi connectivity index (χ4v) is 8.01. The largest absolute Gasteiger partial charge is 0.390 e. The molecule has 0 aromatic carbocycles. The molecule has 3 saturated carbocycles. The van der Waals surface area contributed by atoms with Crippen LogP contribution in [-0.4, -0.2) is 26.3 Å². The Balaban J connectivity index is 1.38. The van der Waals surface area contributed by atoms with Crippen LogP contribution in [0.3, 0.4) is 0 Å². The highest BCUT2D eigenvalue weighted by atomic mass is 16.3. The molecule has 5 nitrogen and oxygen atoms in total. The number of Topliss-reactive ketones (excluding diaryl/α,β-unsaturated/α-hetero) is 1. The molecule has 4 aliphatic rings. The van der Waals surface area contributed by atoms with Crippen LogP contribution in [0.5, 0.6) is 0 Å². The summed E-state index contributed by atoms with van der Waals surface area (Å²) in [6.07, 6.45) is 14.1. The van der Waals surface area contributed by atoms with Gasteiger partial charge in [0.1, 0.15) is 6.07 Å². The van der Waals surface area contributed by atoms with E-state index < -0.39 is 5.60 Å². The van der Waals surface area contributed by atoms with Gasteiger partial charge in [0.15, 0.2) is 5.78 Å². The lowest BCUT2D eigenvalue weighted by Crippen LogP contribution is -2.51. The van der Waals surface area contributed by atoms with Crippen LogP contribution < -0.4 is 0 Å². The first kappa shape index (κ1) is 20.9. The van der Waals surface area contributed by atoms with Gasteiger partial charge in [-0.15, -0.1) is 0 Å². The average Bonchev–Trinajstić information content (AvgIpc) is 3.31. The van der Waals surface area contributed by atoms with E-state index in [9.17, 15) is 9.90 Å². The Morgan fingerprint density at radius 1 is 1.26 bits per heavy atom. The minimum absolute atomic E-state index is 0.0276. The summed E-state index contributed by atoms with van der Waals surface area (Å²) < 4.78 is 1.63. The Hall–Kier alpha value is -1.93. The van der Waals surface area contributed by atoms with E-state index >= 15 is 0 Å². The van der Waals surface area contributed by atoms with Crippen molar-refractivity contribution in [3.8, 4) is 6.07 Å². The lowest BCUT2D eigenvalue weighted by atomic mass is 9.47. The highest BCUT2D eigenvalue weighted by Crippen LogP contribution is 2.66. The van der Waals surface area contributed by atoms with E-state index in [1.165, 1.54) is 19.0 Å². The summed E-state index contributed by atoms with van der Waals surface area (Å²) in [6, 6.07) is 2.09. The van der Waals surface area contributed by atoms with Crippen LogP contribution in [0.25, 0.3) is 0 Å². The van der Waals surface area contributed by atoms with Crippen molar-refractivity contribution in [2.75, 3.05) is 0 Å². The molecule has 5 heteroatoms.